The average Bonchev–Trinajstić information content (AvgIpc) is 2.46. The highest BCUT2D eigenvalue weighted by atomic mass is 16.2. The van der Waals surface area contributed by atoms with Crippen molar-refractivity contribution in [3.63, 3.8) is 0 Å². The molecule has 0 aromatic carbocycles. The minimum absolute atomic E-state index is 0.0163. The largest absolute Gasteiger partial charge is 0.338 e. The second-order valence-electron chi connectivity index (χ2n) is 6.61. The van der Waals surface area contributed by atoms with Crippen LogP contribution in [0.1, 0.15) is 34.6 Å². The van der Waals surface area contributed by atoms with Gasteiger partial charge in [-0.1, -0.05) is 20.8 Å². The van der Waals surface area contributed by atoms with Crippen molar-refractivity contribution in [2.24, 2.45) is 11.1 Å². The van der Waals surface area contributed by atoms with E-state index in [4.69, 9.17) is 5.73 Å². The molecule has 0 bridgehead atoms. The van der Waals surface area contributed by atoms with Crippen molar-refractivity contribution in [2.45, 2.75) is 40.7 Å². The maximum atomic E-state index is 12.4. The van der Waals surface area contributed by atoms with E-state index in [1.54, 1.807) is 9.80 Å². The zero-order chi connectivity index (χ0) is 16.2. The minimum Gasteiger partial charge on any atom is -0.338 e. The number of nitrogens with two attached hydrogens (primary N) is 1. The van der Waals surface area contributed by atoms with Gasteiger partial charge >= 0.3 is 6.03 Å². The average molecular weight is 298 g/mol. The zero-order valence-corrected chi connectivity index (χ0v) is 14.1. The van der Waals surface area contributed by atoms with Gasteiger partial charge in [0.05, 0.1) is 6.04 Å². The number of carbonyl (C=O) groups excluding carboxylic acids is 2. The fraction of sp³-hybridized carbons (Fsp3) is 0.867. The van der Waals surface area contributed by atoms with Gasteiger partial charge < -0.3 is 20.4 Å². The first-order valence-corrected chi connectivity index (χ1v) is 7.80. The molecule has 1 saturated heterocycles. The van der Waals surface area contributed by atoms with Crippen LogP contribution in [0.4, 0.5) is 4.79 Å². The van der Waals surface area contributed by atoms with Crippen LogP contribution in [-0.2, 0) is 4.79 Å². The van der Waals surface area contributed by atoms with E-state index >= 15 is 0 Å². The van der Waals surface area contributed by atoms with Crippen LogP contribution >= 0.6 is 0 Å². The maximum Gasteiger partial charge on any atom is 0.320 e. The summed E-state index contributed by atoms with van der Waals surface area (Å²) in [6.45, 7) is 13.6. The lowest BCUT2D eigenvalue weighted by Crippen LogP contribution is -2.58. The van der Waals surface area contributed by atoms with Crippen molar-refractivity contribution >= 4 is 11.9 Å². The quantitative estimate of drug-likeness (QED) is 0.844. The number of piperazine rings is 1. The molecule has 1 atom stereocenters. The van der Waals surface area contributed by atoms with Crippen LogP contribution in [0.25, 0.3) is 0 Å². The van der Waals surface area contributed by atoms with Crippen molar-refractivity contribution in [3.8, 4) is 0 Å². The van der Waals surface area contributed by atoms with E-state index in [0.29, 0.717) is 39.3 Å². The first-order valence-electron chi connectivity index (χ1n) is 7.80. The van der Waals surface area contributed by atoms with Crippen molar-refractivity contribution in [1.29, 1.82) is 0 Å². The lowest BCUT2D eigenvalue weighted by molar-refractivity contribution is -0.136. The molecule has 1 aliphatic rings. The number of amides is 3. The highest BCUT2D eigenvalue weighted by Crippen LogP contribution is 2.19. The lowest BCUT2D eigenvalue weighted by Gasteiger charge is -2.39. The summed E-state index contributed by atoms with van der Waals surface area (Å²) >= 11 is 0. The number of carbonyl (C=O) groups is 2. The summed E-state index contributed by atoms with van der Waals surface area (Å²) in [5.41, 5.74) is 5.79. The third-order valence-electron chi connectivity index (χ3n) is 4.09. The summed E-state index contributed by atoms with van der Waals surface area (Å²) in [6, 6.07) is -0.435. The fourth-order valence-corrected chi connectivity index (χ4v) is 2.38. The molecule has 0 spiro atoms. The number of hydrogen-bond donors (Lipinski definition) is 1. The summed E-state index contributed by atoms with van der Waals surface area (Å²) < 4.78 is 0. The molecule has 1 fully saturated rings. The summed E-state index contributed by atoms with van der Waals surface area (Å²) in [6.07, 6.45) is 0. The lowest BCUT2D eigenvalue weighted by atomic mass is 9.86. The van der Waals surface area contributed by atoms with E-state index in [9.17, 15) is 9.59 Å². The molecule has 122 valence electrons. The molecule has 6 nitrogen and oxygen atoms in total. The Labute approximate surface area is 128 Å². The van der Waals surface area contributed by atoms with Gasteiger partial charge in [-0.25, -0.2) is 4.79 Å². The van der Waals surface area contributed by atoms with E-state index < -0.39 is 6.04 Å². The zero-order valence-electron chi connectivity index (χ0n) is 14.1. The Morgan fingerprint density at radius 2 is 1.48 bits per heavy atom. The summed E-state index contributed by atoms with van der Waals surface area (Å²) in [4.78, 5) is 30.0. The van der Waals surface area contributed by atoms with Gasteiger partial charge in [0.25, 0.3) is 0 Å². The highest BCUT2D eigenvalue weighted by molar-refractivity contribution is 5.83. The Kier molecular flexibility index (Phi) is 6.01. The molecule has 0 aromatic heterocycles. The van der Waals surface area contributed by atoms with E-state index in [0.717, 1.165) is 0 Å². The summed E-state index contributed by atoms with van der Waals surface area (Å²) in [7, 11) is 0. The Morgan fingerprint density at radius 3 is 1.86 bits per heavy atom. The molecular weight excluding hydrogens is 268 g/mol. The topological polar surface area (TPSA) is 69.9 Å². The molecule has 0 radical (unpaired) electrons. The van der Waals surface area contributed by atoms with Crippen LogP contribution < -0.4 is 5.73 Å². The maximum absolute atomic E-state index is 12.4. The normalized spacial score (nSPS) is 17.6. The van der Waals surface area contributed by atoms with Crippen LogP contribution in [0.3, 0.4) is 0 Å². The number of hydrogen-bond acceptors (Lipinski definition) is 3. The number of rotatable bonds is 3. The predicted molar refractivity (Wildman–Crippen MR) is 83.9 cm³/mol. The summed E-state index contributed by atoms with van der Waals surface area (Å²) in [5, 5.41) is 0. The van der Waals surface area contributed by atoms with Crippen molar-refractivity contribution < 1.29 is 9.59 Å². The molecule has 2 N–H and O–H groups in total. The third-order valence-corrected chi connectivity index (χ3v) is 4.09. The van der Waals surface area contributed by atoms with Gasteiger partial charge in [-0.15, -0.1) is 0 Å². The number of urea groups is 1. The van der Waals surface area contributed by atoms with Crippen molar-refractivity contribution in [2.75, 3.05) is 39.3 Å². The smallest absolute Gasteiger partial charge is 0.320 e. The predicted octanol–water partition coefficient (Wildman–Crippen LogP) is 0.966. The Hall–Kier alpha value is -1.30. The molecule has 1 aliphatic heterocycles. The molecular formula is C15H30N4O2. The van der Waals surface area contributed by atoms with Gasteiger partial charge in [0.1, 0.15) is 0 Å². The molecule has 3 amide bonds. The monoisotopic (exact) mass is 298 g/mol. The van der Waals surface area contributed by atoms with E-state index in [-0.39, 0.29) is 17.4 Å². The molecule has 1 rings (SSSR count). The van der Waals surface area contributed by atoms with Gasteiger partial charge in [-0.05, 0) is 19.3 Å². The van der Waals surface area contributed by atoms with Gasteiger partial charge in [-0.2, -0.15) is 0 Å². The Bertz CT molecular complexity index is 366. The fourth-order valence-electron chi connectivity index (χ4n) is 2.38. The van der Waals surface area contributed by atoms with Crippen LogP contribution in [0.2, 0.25) is 0 Å². The van der Waals surface area contributed by atoms with Gasteiger partial charge in [0.2, 0.25) is 5.91 Å². The van der Waals surface area contributed by atoms with Crippen molar-refractivity contribution in [3.05, 3.63) is 0 Å². The highest BCUT2D eigenvalue weighted by Gasteiger charge is 2.33. The van der Waals surface area contributed by atoms with Crippen molar-refractivity contribution in [1.82, 2.24) is 14.7 Å². The number of nitrogens with zero attached hydrogens (tertiary/aromatic N) is 3. The minimum atomic E-state index is -0.498. The molecule has 0 unspecified atom stereocenters. The van der Waals surface area contributed by atoms with Crippen LogP contribution in [0, 0.1) is 5.41 Å². The third kappa shape index (κ3) is 4.33. The second-order valence-corrected chi connectivity index (χ2v) is 6.61. The summed E-state index contributed by atoms with van der Waals surface area (Å²) in [5.74, 6) is -0.0163. The Morgan fingerprint density at radius 1 is 1.05 bits per heavy atom. The molecule has 0 saturated carbocycles. The first kappa shape index (κ1) is 17.8. The van der Waals surface area contributed by atoms with Gasteiger partial charge in [0.15, 0.2) is 0 Å². The Balaban J connectivity index is 2.56. The molecule has 0 aliphatic carbocycles. The van der Waals surface area contributed by atoms with Crippen LogP contribution in [-0.4, -0.2) is 71.9 Å². The van der Waals surface area contributed by atoms with E-state index in [2.05, 4.69) is 0 Å². The van der Waals surface area contributed by atoms with Gasteiger partial charge in [0, 0.05) is 39.3 Å². The molecule has 0 aromatic rings. The van der Waals surface area contributed by atoms with Gasteiger partial charge in [-0.3, -0.25) is 4.79 Å². The molecule has 21 heavy (non-hydrogen) atoms. The molecule has 1 heterocycles. The molecule has 6 heteroatoms. The second kappa shape index (κ2) is 7.11. The van der Waals surface area contributed by atoms with E-state index in [1.165, 1.54) is 0 Å². The standard InChI is InChI=1S/C15H30N4O2/c1-6-17(7-2)14(21)19-10-8-18(9-11-19)13(20)12(16)15(3,4)5/h12H,6-11,16H2,1-5H3/t12-/m1/s1. The SMILES string of the molecule is CCN(CC)C(=O)N1CCN(C(=O)[C@@H](N)C(C)(C)C)CC1. The van der Waals surface area contributed by atoms with Crippen LogP contribution in [0.5, 0.6) is 0 Å². The first-order chi connectivity index (χ1) is 9.72. The van der Waals surface area contributed by atoms with E-state index in [1.807, 2.05) is 39.5 Å². The van der Waals surface area contributed by atoms with Crippen LogP contribution in [0.15, 0.2) is 0 Å².